The van der Waals surface area contributed by atoms with Gasteiger partial charge in [0.1, 0.15) is 12.0 Å². The van der Waals surface area contributed by atoms with E-state index in [0.29, 0.717) is 22.7 Å². The highest BCUT2D eigenvalue weighted by molar-refractivity contribution is 7.90. The van der Waals surface area contributed by atoms with Crippen molar-refractivity contribution in [3.05, 3.63) is 91.6 Å². The molecule has 0 aliphatic rings. The van der Waals surface area contributed by atoms with Crippen molar-refractivity contribution in [2.24, 2.45) is 0 Å². The van der Waals surface area contributed by atoms with Gasteiger partial charge in [0.25, 0.3) is 10.0 Å². The molecule has 142 valence electrons. The van der Waals surface area contributed by atoms with Gasteiger partial charge in [0.05, 0.1) is 10.4 Å². The van der Waals surface area contributed by atoms with Gasteiger partial charge in [-0.3, -0.25) is 4.98 Å². The zero-order valence-electron chi connectivity index (χ0n) is 15.1. The number of para-hydroxylation sites is 1. The third-order valence-electron chi connectivity index (χ3n) is 4.69. The Bertz CT molecular complexity index is 1410. The predicted octanol–water partition coefficient (Wildman–Crippen LogP) is 4.60. The molecule has 3 heterocycles. The van der Waals surface area contributed by atoms with Gasteiger partial charge in [-0.25, -0.2) is 17.4 Å². The second-order valence-electron chi connectivity index (χ2n) is 6.45. The van der Waals surface area contributed by atoms with E-state index in [1.54, 1.807) is 67.1 Å². The molecule has 0 aliphatic carbocycles. The summed E-state index contributed by atoms with van der Waals surface area (Å²) in [5.74, 6) is 0.449. The summed E-state index contributed by atoms with van der Waals surface area (Å²) >= 11 is 0. The summed E-state index contributed by atoms with van der Waals surface area (Å²) in [6.45, 7) is 0. The molecule has 29 heavy (non-hydrogen) atoms. The van der Waals surface area contributed by atoms with Crippen LogP contribution in [0.2, 0.25) is 0 Å². The largest absolute Gasteiger partial charge is 0.444 e. The van der Waals surface area contributed by atoms with Gasteiger partial charge in [-0.15, -0.1) is 0 Å². The van der Waals surface area contributed by atoms with Crippen LogP contribution in [0, 0.1) is 0 Å². The van der Waals surface area contributed by atoms with E-state index in [9.17, 15) is 8.42 Å². The lowest BCUT2D eigenvalue weighted by molar-refractivity contribution is 0.575. The average Bonchev–Trinajstić information content (AvgIpc) is 3.40. The normalized spacial score (nSPS) is 11.7. The van der Waals surface area contributed by atoms with E-state index in [0.717, 1.165) is 10.9 Å². The Morgan fingerprint density at radius 2 is 1.59 bits per heavy atom. The van der Waals surface area contributed by atoms with Gasteiger partial charge >= 0.3 is 0 Å². The lowest BCUT2D eigenvalue weighted by atomic mass is 10.1. The summed E-state index contributed by atoms with van der Waals surface area (Å²) in [5, 5.41) is 0.779. The molecule has 0 fully saturated rings. The number of hydrogen-bond acceptors (Lipinski definition) is 5. The van der Waals surface area contributed by atoms with E-state index >= 15 is 0 Å². The number of fused-ring (bicyclic) bond motifs is 1. The maximum Gasteiger partial charge on any atom is 0.268 e. The van der Waals surface area contributed by atoms with Crippen molar-refractivity contribution in [2.45, 2.75) is 4.90 Å². The second-order valence-corrected chi connectivity index (χ2v) is 8.26. The molecule has 3 aromatic heterocycles. The van der Waals surface area contributed by atoms with Gasteiger partial charge in [0, 0.05) is 35.1 Å². The zero-order valence-corrected chi connectivity index (χ0v) is 16.0. The molecule has 5 rings (SSSR count). The number of hydrogen-bond donors (Lipinski definition) is 0. The van der Waals surface area contributed by atoms with E-state index in [1.165, 1.54) is 10.2 Å². The second kappa shape index (κ2) is 6.72. The van der Waals surface area contributed by atoms with E-state index in [-0.39, 0.29) is 4.90 Å². The SMILES string of the molecule is O=S(=O)(c1ccccc1)n1cc(-c2coc(-c3ccncc3)n2)c2ccccc21. The first-order valence-corrected chi connectivity index (χ1v) is 10.4. The minimum absolute atomic E-state index is 0.227. The summed E-state index contributed by atoms with van der Waals surface area (Å²) in [4.78, 5) is 8.79. The molecule has 5 aromatic rings. The van der Waals surface area contributed by atoms with Crippen molar-refractivity contribution in [3.63, 3.8) is 0 Å². The lowest BCUT2D eigenvalue weighted by Crippen LogP contribution is -2.11. The van der Waals surface area contributed by atoms with E-state index in [2.05, 4.69) is 9.97 Å². The molecular weight excluding hydrogens is 386 g/mol. The van der Waals surface area contributed by atoms with Crippen LogP contribution in [0.3, 0.4) is 0 Å². The van der Waals surface area contributed by atoms with Crippen LogP contribution in [-0.2, 0) is 10.0 Å². The Morgan fingerprint density at radius 1 is 0.862 bits per heavy atom. The van der Waals surface area contributed by atoms with Crippen molar-refractivity contribution in [1.29, 1.82) is 0 Å². The van der Waals surface area contributed by atoms with Crippen LogP contribution in [0.4, 0.5) is 0 Å². The molecule has 0 saturated carbocycles. The minimum atomic E-state index is -3.75. The van der Waals surface area contributed by atoms with Gasteiger partial charge < -0.3 is 4.42 Å². The van der Waals surface area contributed by atoms with E-state index in [1.807, 2.05) is 18.2 Å². The molecule has 0 bridgehead atoms. The number of rotatable bonds is 4. The van der Waals surface area contributed by atoms with Gasteiger partial charge in [-0.2, -0.15) is 0 Å². The van der Waals surface area contributed by atoms with Gasteiger partial charge in [0.2, 0.25) is 5.89 Å². The highest BCUT2D eigenvalue weighted by atomic mass is 32.2. The predicted molar refractivity (Wildman–Crippen MR) is 110 cm³/mol. The monoisotopic (exact) mass is 401 g/mol. The number of nitrogens with zero attached hydrogens (tertiary/aromatic N) is 3. The Labute approximate surface area is 167 Å². The Kier molecular flexibility index (Phi) is 4.03. The van der Waals surface area contributed by atoms with Crippen molar-refractivity contribution in [2.75, 3.05) is 0 Å². The average molecular weight is 401 g/mol. The first-order chi connectivity index (χ1) is 14.1. The Balaban J connectivity index is 1.69. The molecule has 6 nitrogen and oxygen atoms in total. The topological polar surface area (TPSA) is 78.0 Å². The quantitative estimate of drug-likeness (QED) is 0.440. The van der Waals surface area contributed by atoms with Crippen LogP contribution >= 0.6 is 0 Å². The van der Waals surface area contributed by atoms with Crippen molar-refractivity contribution in [3.8, 4) is 22.7 Å². The Hall–Kier alpha value is -3.71. The number of oxazole rings is 1. The molecule has 0 unspecified atom stereocenters. The molecule has 0 N–H and O–H groups in total. The maximum absolute atomic E-state index is 13.2. The van der Waals surface area contributed by atoms with Gasteiger partial charge in [0.15, 0.2) is 0 Å². The standard InChI is InChI=1S/C22H15N3O3S/c26-29(27,17-6-2-1-3-7-17)25-14-19(18-8-4-5-9-21(18)25)20-15-28-22(24-20)16-10-12-23-13-11-16/h1-15H. The molecule has 0 atom stereocenters. The molecule has 7 heteroatoms. The summed E-state index contributed by atoms with van der Waals surface area (Å²) in [5.41, 5.74) is 2.63. The highest BCUT2D eigenvalue weighted by Crippen LogP contribution is 2.33. The van der Waals surface area contributed by atoms with Crippen molar-refractivity contribution in [1.82, 2.24) is 13.9 Å². The number of pyridine rings is 1. The number of benzene rings is 2. The molecule has 0 spiro atoms. The van der Waals surface area contributed by atoms with Crippen LogP contribution < -0.4 is 0 Å². The molecule has 0 amide bonds. The van der Waals surface area contributed by atoms with Crippen LogP contribution in [0.5, 0.6) is 0 Å². The third-order valence-corrected chi connectivity index (χ3v) is 6.37. The highest BCUT2D eigenvalue weighted by Gasteiger charge is 2.22. The van der Waals surface area contributed by atoms with Crippen LogP contribution in [-0.4, -0.2) is 22.4 Å². The maximum atomic E-state index is 13.2. The fourth-order valence-corrected chi connectivity index (χ4v) is 4.67. The zero-order chi connectivity index (χ0) is 19.8. The summed E-state index contributed by atoms with van der Waals surface area (Å²) < 4.78 is 33.4. The minimum Gasteiger partial charge on any atom is -0.444 e. The fourth-order valence-electron chi connectivity index (χ4n) is 3.28. The first-order valence-electron chi connectivity index (χ1n) is 8.91. The number of aromatic nitrogens is 3. The third kappa shape index (κ3) is 2.92. The van der Waals surface area contributed by atoms with Crippen LogP contribution in [0.25, 0.3) is 33.6 Å². The molecule has 0 aliphatic heterocycles. The molecule has 2 aromatic carbocycles. The summed E-state index contributed by atoms with van der Waals surface area (Å²) in [6.07, 6.45) is 6.47. The first kappa shape index (κ1) is 17.4. The van der Waals surface area contributed by atoms with Gasteiger partial charge in [-0.05, 0) is 30.3 Å². The van der Waals surface area contributed by atoms with Crippen molar-refractivity contribution >= 4 is 20.9 Å². The smallest absolute Gasteiger partial charge is 0.268 e. The van der Waals surface area contributed by atoms with Crippen LogP contribution in [0.15, 0.2) is 101 Å². The van der Waals surface area contributed by atoms with Crippen LogP contribution in [0.1, 0.15) is 0 Å². The summed E-state index contributed by atoms with van der Waals surface area (Å²) in [7, 11) is -3.75. The van der Waals surface area contributed by atoms with Gasteiger partial charge in [-0.1, -0.05) is 36.4 Å². The lowest BCUT2D eigenvalue weighted by Gasteiger charge is -2.07. The van der Waals surface area contributed by atoms with E-state index in [4.69, 9.17) is 4.42 Å². The summed E-state index contributed by atoms with van der Waals surface area (Å²) in [6, 6.07) is 19.3. The van der Waals surface area contributed by atoms with Crippen molar-refractivity contribution < 1.29 is 12.8 Å². The molecular formula is C22H15N3O3S. The van der Waals surface area contributed by atoms with E-state index < -0.39 is 10.0 Å². The fraction of sp³-hybridized carbons (Fsp3) is 0. The molecule has 0 radical (unpaired) electrons. The Morgan fingerprint density at radius 3 is 2.38 bits per heavy atom. The molecule has 0 saturated heterocycles.